The summed E-state index contributed by atoms with van der Waals surface area (Å²) in [6.07, 6.45) is 3.76. The molecule has 0 aliphatic heterocycles. The molecule has 3 saturated carbocycles. The second-order valence-corrected chi connectivity index (χ2v) is 6.14. The largest absolute Gasteiger partial charge is 0.458 e. The first kappa shape index (κ1) is 11.9. The third kappa shape index (κ3) is 1.65. The van der Waals surface area contributed by atoms with Crippen LogP contribution in [0.15, 0.2) is 24.3 Å². The Bertz CT molecular complexity index is 582. The molecule has 4 rings (SSSR count). The molecule has 20 heavy (non-hydrogen) atoms. The summed E-state index contributed by atoms with van der Waals surface area (Å²) in [5, 5.41) is 10.6. The quantitative estimate of drug-likeness (QED) is 0.482. The maximum absolute atomic E-state index is 12.1. The predicted molar refractivity (Wildman–Crippen MR) is 70.1 cm³/mol. The van der Waals surface area contributed by atoms with E-state index in [0.717, 1.165) is 11.8 Å². The van der Waals surface area contributed by atoms with Crippen LogP contribution in [0.25, 0.3) is 0 Å². The van der Waals surface area contributed by atoms with Gasteiger partial charge in [0.2, 0.25) is 0 Å². The summed E-state index contributed by atoms with van der Waals surface area (Å²) in [6.45, 7) is 0. The highest BCUT2D eigenvalue weighted by Crippen LogP contribution is 2.66. The minimum absolute atomic E-state index is 0.0104. The molecular formula is C15H15NO4. The molecule has 0 heterocycles. The normalized spacial score (nSPS) is 36.5. The Balaban J connectivity index is 1.46. The van der Waals surface area contributed by atoms with Crippen molar-refractivity contribution < 1.29 is 14.5 Å². The smallest absolute Gasteiger partial charge is 0.338 e. The summed E-state index contributed by atoms with van der Waals surface area (Å²) in [4.78, 5) is 22.2. The molecule has 5 atom stereocenters. The zero-order valence-electron chi connectivity index (χ0n) is 10.9. The fourth-order valence-corrected chi connectivity index (χ4v) is 4.00. The number of esters is 1. The first-order valence-electron chi connectivity index (χ1n) is 7.10. The molecule has 0 unspecified atom stereocenters. The fraction of sp³-hybridized carbons (Fsp3) is 0.533. The lowest BCUT2D eigenvalue weighted by molar-refractivity contribution is -0.384. The minimum atomic E-state index is -0.472. The molecule has 0 N–H and O–H groups in total. The van der Waals surface area contributed by atoms with E-state index in [2.05, 4.69) is 0 Å². The molecule has 0 aromatic heterocycles. The van der Waals surface area contributed by atoms with Crippen molar-refractivity contribution in [3.63, 3.8) is 0 Å². The molecule has 1 aromatic carbocycles. The van der Waals surface area contributed by atoms with Gasteiger partial charge in [-0.1, -0.05) is 0 Å². The van der Waals surface area contributed by atoms with Gasteiger partial charge < -0.3 is 4.74 Å². The fourth-order valence-electron chi connectivity index (χ4n) is 4.00. The number of carbonyl (C=O) groups excluding carboxylic acids is 1. The average molecular weight is 273 g/mol. The van der Waals surface area contributed by atoms with E-state index in [1.807, 2.05) is 0 Å². The van der Waals surface area contributed by atoms with Crippen molar-refractivity contribution in [2.24, 2.45) is 23.7 Å². The summed E-state index contributed by atoms with van der Waals surface area (Å²) in [5.41, 5.74) is 0.388. The van der Waals surface area contributed by atoms with E-state index in [1.54, 1.807) is 0 Å². The number of nitrogens with zero attached hydrogens (tertiary/aromatic N) is 1. The first-order chi connectivity index (χ1) is 9.65. The van der Waals surface area contributed by atoms with Crippen LogP contribution in [0, 0.1) is 33.8 Å². The Morgan fingerprint density at radius 3 is 2.35 bits per heavy atom. The Labute approximate surface area is 116 Å². The molecule has 5 nitrogen and oxygen atoms in total. The van der Waals surface area contributed by atoms with Crippen LogP contribution in [-0.2, 0) is 4.74 Å². The average Bonchev–Trinajstić information content (AvgIpc) is 3.12. The molecule has 1 aromatic rings. The van der Waals surface area contributed by atoms with Crippen molar-refractivity contribution in [3.05, 3.63) is 39.9 Å². The van der Waals surface area contributed by atoms with E-state index in [9.17, 15) is 14.9 Å². The summed E-state index contributed by atoms with van der Waals surface area (Å²) in [7, 11) is 0. The molecular weight excluding hydrogens is 258 g/mol. The van der Waals surface area contributed by atoms with E-state index >= 15 is 0 Å². The zero-order chi connectivity index (χ0) is 13.9. The van der Waals surface area contributed by atoms with Gasteiger partial charge in [0.1, 0.15) is 6.10 Å². The lowest BCUT2D eigenvalue weighted by Gasteiger charge is -2.36. The molecule has 0 bridgehead atoms. The summed E-state index contributed by atoms with van der Waals surface area (Å²) in [5.74, 6) is 2.39. The highest BCUT2D eigenvalue weighted by Gasteiger charge is 2.64. The van der Waals surface area contributed by atoms with Crippen molar-refractivity contribution in [2.45, 2.75) is 25.4 Å². The number of ether oxygens (including phenoxy) is 1. The molecule has 0 spiro atoms. The lowest BCUT2D eigenvalue weighted by Crippen LogP contribution is -2.35. The van der Waals surface area contributed by atoms with Gasteiger partial charge in [-0.3, -0.25) is 10.1 Å². The number of non-ortho nitro benzene ring substituents is 1. The standard InChI is InChI=1S/C15H15NO4/c17-15(8-1-3-9(4-2-8)16(18)19)20-14-11-6-5-10(11)12-7-13(12)14/h1-4,10-14H,5-7H2/t10-,11+,12+,13+,14+/m0/s1. The number of nitro benzene ring substituents is 1. The highest BCUT2D eigenvalue weighted by atomic mass is 16.6. The monoisotopic (exact) mass is 273 g/mol. The molecule has 5 heteroatoms. The predicted octanol–water partition coefficient (Wildman–Crippen LogP) is 2.80. The van der Waals surface area contributed by atoms with Gasteiger partial charge in [-0.05, 0) is 55.1 Å². The first-order valence-corrected chi connectivity index (χ1v) is 7.10. The molecule has 0 saturated heterocycles. The van der Waals surface area contributed by atoms with Gasteiger partial charge in [0, 0.05) is 12.1 Å². The molecule has 3 aliphatic carbocycles. The Kier molecular flexibility index (Phi) is 2.40. The van der Waals surface area contributed by atoms with Crippen LogP contribution in [0.4, 0.5) is 5.69 Å². The van der Waals surface area contributed by atoms with Crippen molar-refractivity contribution in [2.75, 3.05) is 0 Å². The van der Waals surface area contributed by atoms with E-state index in [-0.39, 0.29) is 17.8 Å². The molecule has 3 aliphatic rings. The van der Waals surface area contributed by atoms with Crippen LogP contribution >= 0.6 is 0 Å². The maximum atomic E-state index is 12.1. The summed E-state index contributed by atoms with van der Waals surface area (Å²) < 4.78 is 5.68. The van der Waals surface area contributed by atoms with Gasteiger partial charge in [0.05, 0.1) is 10.5 Å². The number of fused-ring (bicyclic) bond motifs is 3. The lowest BCUT2D eigenvalue weighted by atomic mass is 9.72. The van der Waals surface area contributed by atoms with Crippen LogP contribution < -0.4 is 0 Å². The van der Waals surface area contributed by atoms with Crippen LogP contribution in [0.2, 0.25) is 0 Å². The van der Waals surface area contributed by atoms with E-state index in [1.165, 1.54) is 43.5 Å². The zero-order valence-corrected chi connectivity index (χ0v) is 10.9. The number of benzene rings is 1. The van der Waals surface area contributed by atoms with Crippen molar-refractivity contribution in [3.8, 4) is 0 Å². The SMILES string of the molecule is O=C(O[C@@H]1[C@@H]2CC[C@@H]2[C@H]2C[C@H]21)c1ccc([N+](=O)[O-])cc1. The number of rotatable bonds is 3. The van der Waals surface area contributed by atoms with Crippen LogP contribution in [0.5, 0.6) is 0 Å². The number of nitro groups is 1. The van der Waals surface area contributed by atoms with E-state index in [4.69, 9.17) is 4.74 Å². The van der Waals surface area contributed by atoms with Gasteiger partial charge in [-0.25, -0.2) is 4.79 Å². The van der Waals surface area contributed by atoms with E-state index < -0.39 is 4.92 Å². The molecule has 3 fully saturated rings. The Morgan fingerprint density at radius 1 is 1.10 bits per heavy atom. The molecule has 104 valence electrons. The number of hydrogen-bond donors (Lipinski definition) is 0. The number of carbonyl (C=O) groups is 1. The second kappa shape index (κ2) is 4.04. The third-order valence-electron chi connectivity index (χ3n) is 5.23. The third-order valence-corrected chi connectivity index (χ3v) is 5.23. The van der Waals surface area contributed by atoms with Gasteiger partial charge in [-0.15, -0.1) is 0 Å². The van der Waals surface area contributed by atoms with Gasteiger partial charge >= 0.3 is 5.97 Å². The summed E-state index contributed by atoms with van der Waals surface area (Å²) >= 11 is 0. The summed E-state index contributed by atoms with van der Waals surface area (Å²) in [6, 6.07) is 5.63. The molecule has 0 radical (unpaired) electrons. The van der Waals surface area contributed by atoms with Crippen LogP contribution in [-0.4, -0.2) is 17.0 Å². The van der Waals surface area contributed by atoms with Crippen molar-refractivity contribution >= 4 is 11.7 Å². The molecule has 0 amide bonds. The van der Waals surface area contributed by atoms with Crippen LogP contribution in [0.3, 0.4) is 0 Å². The van der Waals surface area contributed by atoms with E-state index in [0.29, 0.717) is 17.4 Å². The Morgan fingerprint density at radius 2 is 1.80 bits per heavy atom. The van der Waals surface area contributed by atoms with Crippen LogP contribution in [0.1, 0.15) is 29.6 Å². The van der Waals surface area contributed by atoms with Gasteiger partial charge in [-0.2, -0.15) is 0 Å². The Hall–Kier alpha value is -1.91. The minimum Gasteiger partial charge on any atom is -0.458 e. The highest BCUT2D eigenvalue weighted by molar-refractivity contribution is 5.89. The van der Waals surface area contributed by atoms with Crippen molar-refractivity contribution in [1.82, 2.24) is 0 Å². The van der Waals surface area contributed by atoms with Gasteiger partial charge in [0.15, 0.2) is 0 Å². The number of hydrogen-bond acceptors (Lipinski definition) is 4. The van der Waals surface area contributed by atoms with Gasteiger partial charge in [0.25, 0.3) is 5.69 Å². The second-order valence-electron chi connectivity index (χ2n) is 6.14. The maximum Gasteiger partial charge on any atom is 0.338 e. The van der Waals surface area contributed by atoms with Crippen molar-refractivity contribution in [1.29, 1.82) is 0 Å². The topological polar surface area (TPSA) is 69.4 Å².